The number of benzene rings is 1. The van der Waals surface area contributed by atoms with Crippen LogP contribution in [0.5, 0.6) is 17.2 Å². The fraction of sp³-hybridized carbons (Fsp3) is 0.438. The molecule has 0 spiro atoms. The number of aromatic nitrogens is 3. The molecule has 1 aromatic heterocycles. The molecule has 2 aromatic rings. The van der Waals surface area contributed by atoms with E-state index in [1.54, 1.807) is 44.4 Å². The number of nitrogens with one attached hydrogen (secondary N) is 1. The van der Waals surface area contributed by atoms with Crippen LogP contribution >= 0.6 is 12.2 Å². The quantitative estimate of drug-likeness (QED) is 0.627. The number of hydrogen-bond acceptors (Lipinski definition) is 7. The maximum absolute atomic E-state index is 5.67. The number of hydrogen-bond donors (Lipinski definition) is 1. The van der Waals surface area contributed by atoms with Gasteiger partial charge >= 0.3 is 0 Å². The van der Waals surface area contributed by atoms with Crippen molar-refractivity contribution >= 4 is 18.4 Å². The second-order valence-corrected chi connectivity index (χ2v) is 5.78. The Morgan fingerprint density at radius 3 is 2.60 bits per heavy atom. The van der Waals surface area contributed by atoms with Crippen LogP contribution in [0.4, 0.5) is 0 Å². The van der Waals surface area contributed by atoms with Crippen LogP contribution in [0.3, 0.4) is 0 Å². The lowest BCUT2D eigenvalue weighted by Crippen LogP contribution is -2.05. The summed E-state index contributed by atoms with van der Waals surface area (Å²) >= 11 is 5.27. The zero-order chi connectivity index (χ0) is 17.8. The van der Waals surface area contributed by atoms with Crippen LogP contribution in [-0.2, 0) is 4.74 Å². The van der Waals surface area contributed by atoms with Gasteiger partial charge in [-0.25, -0.2) is 0 Å². The third-order valence-corrected chi connectivity index (χ3v) is 4.21. The standard InChI is InChI=1S/C16H20N4O4S/c1-21-12-8-14(23-3)13(22-2)7-10(12)9-17-20-15(18-19-16(20)25)11-5-4-6-24-11/h7-9,11H,4-6H2,1-3H3,(H,19,25)/b17-9-/t11-/m1/s1. The van der Waals surface area contributed by atoms with Crippen molar-refractivity contribution in [1.29, 1.82) is 0 Å². The lowest BCUT2D eigenvalue weighted by Gasteiger charge is -2.12. The number of ether oxygens (including phenoxy) is 4. The van der Waals surface area contributed by atoms with Gasteiger partial charge in [-0.15, -0.1) is 0 Å². The maximum Gasteiger partial charge on any atom is 0.216 e. The van der Waals surface area contributed by atoms with E-state index >= 15 is 0 Å². The van der Waals surface area contributed by atoms with Gasteiger partial charge in [0, 0.05) is 18.2 Å². The Labute approximate surface area is 150 Å². The summed E-state index contributed by atoms with van der Waals surface area (Å²) in [7, 11) is 4.73. The van der Waals surface area contributed by atoms with E-state index in [1.807, 2.05) is 0 Å². The molecule has 1 aliphatic rings. The minimum atomic E-state index is -0.0996. The van der Waals surface area contributed by atoms with Crippen molar-refractivity contribution in [2.45, 2.75) is 18.9 Å². The van der Waals surface area contributed by atoms with E-state index in [0.717, 1.165) is 25.0 Å². The van der Waals surface area contributed by atoms with Crippen LogP contribution < -0.4 is 14.2 Å². The fourth-order valence-corrected chi connectivity index (χ4v) is 2.87. The molecule has 1 atom stereocenters. The molecule has 0 radical (unpaired) electrons. The molecule has 1 N–H and O–H groups in total. The zero-order valence-corrected chi connectivity index (χ0v) is 15.1. The van der Waals surface area contributed by atoms with E-state index in [2.05, 4.69) is 15.3 Å². The van der Waals surface area contributed by atoms with E-state index in [9.17, 15) is 0 Å². The van der Waals surface area contributed by atoms with Gasteiger partial charge in [-0.1, -0.05) is 0 Å². The number of aromatic amines is 1. The Kier molecular flexibility index (Phi) is 5.34. The summed E-state index contributed by atoms with van der Waals surface area (Å²) in [5, 5.41) is 11.5. The van der Waals surface area contributed by atoms with Crippen LogP contribution in [0.2, 0.25) is 0 Å². The van der Waals surface area contributed by atoms with Crippen molar-refractivity contribution in [2.24, 2.45) is 5.10 Å². The highest BCUT2D eigenvalue weighted by atomic mass is 32.1. The van der Waals surface area contributed by atoms with Gasteiger partial charge in [0.25, 0.3) is 0 Å². The van der Waals surface area contributed by atoms with E-state index in [0.29, 0.717) is 27.8 Å². The molecule has 2 heterocycles. The van der Waals surface area contributed by atoms with Crippen molar-refractivity contribution in [3.8, 4) is 17.2 Å². The van der Waals surface area contributed by atoms with Gasteiger partial charge in [0.15, 0.2) is 17.3 Å². The molecule has 0 saturated carbocycles. The van der Waals surface area contributed by atoms with E-state index < -0.39 is 0 Å². The smallest absolute Gasteiger partial charge is 0.216 e. The first kappa shape index (κ1) is 17.4. The van der Waals surface area contributed by atoms with Gasteiger partial charge in [-0.05, 0) is 31.1 Å². The second kappa shape index (κ2) is 7.66. The molecular weight excluding hydrogens is 344 g/mol. The minimum absolute atomic E-state index is 0.0996. The summed E-state index contributed by atoms with van der Waals surface area (Å²) in [6, 6.07) is 3.53. The topological polar surface area (TPSA) is 82.9 Å². The lowest BCUT2D eigenvalue weighted by atomic mass is 10.2. The van der Waals surface area contributed by atoms with E-state index in [4.69, 9.17) is 31.2 Å². The first-order valence-corrected chi connectivity index (χ1v) is 8.22. The molecule has 3 rings (SSSR count). The van der Waals surface area contributed by atoms with Gasteiger partial charge < -0.3 is 18.9 Å². The van der Waals surface area contributed by atoms with Gasteiger partial charge in [0.05, 0.1) is 27.5 Å². The molecule has 1 aromatic carbocycles. The third kappa shape index (κ3) is 3.52. The Balaban J connectivity index is 1.97. The number of H-pyrrole nitrogens is 1. The van der Waals surface area contributed by atoms with Crippen LogP contribution in [-0.4, -0.2) is 49.0 Å². The summed E-state index contributed by atoms with van der Waals surface area (Å²) in [5.74, 6) is 2.43. The van der Waals surface area contributed by atoms with Crippen LogP contribution in [0.25, 0.3) is 0 Å². The van der Waals surface area contributed by atoms with Crippen molar-refractivity contribution in [3.63, 3.8) is 0 Å². The van der Waals surface area contributed by atoms with Crippen LogP contribution in [0, 0.1) is 4.77 Å². The summed E-state index contributed by atoms with van der Waals surface area (Å²) in [5.41, 5.74) is 0.724. The number of nitrogens with zero attached hydrogens (tertiary/aromatic N) is 3. The summed E-state index contributed by atoms with van der Waals surface area (Å²) < 4.78 is 23.7. The predicted molar refractivity (Wildman–Crippen MR) is 94.4 cm³/mol. The van der Waals surface area contributed by atoms with Crippen molar-refractivity contribution < 1.29 is 18.9 Å². The molecule has 1 fully saturated rings. The average Bonchev–Trinajstić information content (AvgIpc) is 3.28. The molecule has 0 bridgehead atoms. The van der Waals surface area contributed by atoms with Gasteiger partial charge in [0.1, 0.15) is 11.9 Å². The second-order valence-electron chi connectivity index (χ2n) is 5.39. The fourth-order valence-electron chi connectivity index (χ4n) is 2.68. The Bertz CT molecular complexity index is 824. The highest BCUT2D eigenvalue weighted by Crippen LogP contribution is 2.34. The van der Waals surface area contributed by atoms with Crippen molar-refractivity contribution in [3.05, 3.63) is 28.3 Å². The first-order chi connectivity index (χ1) is 12.2. The van der Waals surface area contributed by atoms with Gasteiger partial charge in [0.2, 0.25) is 4.77 Å². The monoisotopic (exact) mass is 364 g/mol. The summed E-state index contributed by atoms with van der Waals surface area (Å²) in [6.45, 7) is 0.720. The number of rotatable bonds is 6. The predicted octanol–water partition coefficient (Wildman–Crippen LogP) is 2.70. The Morgan fingerprint density at radius 1 is 1.24 bits per heavy atom. The third-order valence-electron chi connectivity index (χ3n) is 3.94. The van der Waals surface area contributed by atoms with Gasteiger partial charge in [-0.3, -0.25) is 5.10 Å². The molecule has 0 unspecified atom stereocenters. The molecule has 1 saturated heterocycles. The SMILES string of the molecule is COc1cc(OC)c(OC)cc1/C=N\n1c([C@H]2CCCO2)n[nH]c1=S. The van der Waals surface area contributed by atoms with Gasteiger partial charge in [-0.2, -0.15) is 14.9 Å². The van der Waals surface area contributed by atoms with Crippen molar-refractivity contribution in [1.82, 2.24) is 14.9 Å². The molecule has 134 valence electrons. The van der Waals surface area contributed by atoms with Crippen LogP contribution in [0.15, 0.2) is 17.2 Å². The molecule has 0 aliphatic carbocycles. The molecule has 1 aliphatic heterocycles. The zero-order valence-electron chi connectivity index (χ0n) is 14.3. The molecule has 9 heteroatoms. The average molecular weight is 364 g/mol. The summed E-state index contributed by atoms with van der Waals surface area (Å²) in [6.07, 6.45) is 3.44. The highest BCUT2D eigenvalue weighted by Gasteiger charge is 2.23. The highest BCUT2D eigenvalue weighted by molar-refractivity contribution is 7.71. The maximum atomic E-state index is 5.67. The normalized spacial score (nSPS) is 17.2. The lowest BCUT2D eigenvalue weighted by molar-refractivity contribution is 0.102. The molecule has 0 amide bonds. The van der Waals surface area contributed by atoms with E-state index in [1.165, 1.54) is 0 Å². The molecular formula is C16H20N4O4S. The molecule has 8 nitrogen and oxygen atoms in total. The molecule has 25 heavy (non-hydrogen) atoms. The minimum Gasteiger partial charge on any atom is -0.496 e. The number of methoxy groups -OCH3 is 3. The summed E-state index contributed by atoms with van der Waals surface area (Å²) in [4.78, 5) is 0. The largest absolute Gasteiger partial charge is 0.496 e. The first-order valence-electron chi connectivity index (χ1n) is 7.81. The van der Waals surface area contributed by atoms with E-state index in [-0.39, 0.29) is 6.10 Å². The Morgan fingerprint density at radius 2 is 1.96 bits per heavy atom. The Hall–Kier alpha value is -2.39. The van der Waals surface area contributed by atoms with Crippen LogP contribution in [0.1, 0.15) is 30.3 Å². The van der Waals surface area contributed by atoms with Crippen molar-refractivity contribution in [2.75, 3.05) is 27.9 Å².